The van der Waals surface area contributed by atoms with Gasteiger partial charge in [-0.1, -0.05) is 18.2 Å². The molecule has 7 heteroatoms. The highest BCUT2D eigenvalue weighted by Gasteiger charge is 2.23. The summed E-state index contributed by atoms with van der Waals surface area (Å²) in [6.07, 6.45) is 0. The Morgan fingerprint density at radius 3 is 2.20 bits per heavy atom. The summed E-state index contributed by atoms with van der Waals surface area (Å²) in [7, 11) is 1.67. The van der Waals surface area contributed by atoms with Crippen LogP contribution in [0.15, 0.2) is 84.2 Å². The van der Waals surface area contributed by atoms with Crippen molar-refractivity contribution < 1.29 is 14.3 Å². The molecule has 1 saturated heterocycles. The van der Waals surface area contributed by atoms with Crippen molar-refractivity contribution in [3.05, 3.63) is 94.8 Å². The molecule has 3 aromatic carbocycles. The Hall–Kier alpha value is -3.68. The van der Waals surface area contributed by atoms with Gasteiger partial charge in [0.1, 0.15) is 22.3 Å². The van der Waals surface area contributed by atoms with Gasteiger partial charge in [-0.05, 0) is 60.7 Å². The van der Waals surface area contributed by atoms with Gasteiger partial charge in [-0.2, -0.15) is 0 Å². The number of hydrogen-bond acceptors (Lipinski definition) is 6. The number of aromatic nitrogens is 1. The van der Waals surface area contributed by atoms with Crippen LogP contribution in [0, 0.1) is 0 Å². The first-order chi connectivity index (χ1) is 17.2. The van der Waals surface area contributed by atoms with Crippen LogP contribution in [0.25, 0.3) is 11.3 Å². The molecule has 6 nitrogen and oxygen atoms in total. The Morgan fingerprint density at radius 2 is 1.51 bits per heavy atom. The summed E-state index contributed by atoms with van der Waals surface area (Å²) in [5.41, 5.74) is 2.76. The maximum atomic E-state index is 13.0. The van der Waals surface area contributed by atoms with E-state index in [0.717, 1.165) is 53.1 Å². The van der Waals surface area contributed by atoms with E-state index in [-0.39, 0.29) is 5.91 Å². The molecule has 1 aromatic heterocycles. The highest BCUT2D eigenvalue weighted by atomic mass is 32.1. The third-order valence-corrected chi connectivity index (χ3v) is 6.87. The van der Waals surface area contributed by atoms with Gasteiger partial charge in [-0.25, -0.2) is 4.98 Å². The maximum absolute atomic E-state index is 13.0. The molecular weight excluding hydrogens is 458 g/mol. The fourth-order valence-electron chi connectivity index (χ4n) is 4.05. The Kier molecular flexibility index (Phi) is 7.07. The average Bonchev–Trinajstić information content (AvgIpc) is 3.38. The van der Waals surface area contributed by atoms with Gasteiger partial charge in [-0.3, -0.25) is 9.69 Å². The topological polar surface area (TPSA) is 54.9 Å². The van der Waals surface area contributed by atoms with Gasteiger partial charge in [0.15, 0.2) is 0 Å². The molecule has 1 aliphatic heterocycles. The number of para-hydroxylation sites is 1. The molecular formula is C28H27N3O3S. The summed E-state index contributed by atoms with van der Waals surface area (Å²) in [5.74, 6) is 2.40. The summed E-state index contributed by atoms with van der Waals surface area (Å²) in [6.45, 7) is 3.88. The van der Waals surface area contributed by atoms with Crippen LogP contribution in [-0.2, 0) is 6.54 Å². The second-order valence-corrected chi connectivity index (χ2v) is 9.31. The van der Waals surface area contributed by atoms with Crippen molar-refractivity contribution in [2.75, 3.05) is 33.3 Å². The number of hydrogen-bond donors (Lipinski definition) is 0. The first kappa shape index (κ1) is 23.1. The fraction of sp³-hybridized carbons (Fsp3) is 0.214. The molecule has 0 spiro atoms. The summed E-state index contributed by atoms with van der Waals surface area (Å²) < 4.78 is 11.1. The summed E-state index contributed by atoms with van der Waals surface area (Å²) in [4.78, 5) is 22.1. The molecule has 1 amide bonds. The minimum atomic E-state index is 0.0620. The van der Waals surface area contributed by atoms with E-state index >= 15 is 0 Å². The number of piperazine rings is 1. The third kappa shape index (κ3) is 5.70. The Balaban J connectivity index is 1.12. The van der Waals surface area contributed by atoms with E-state index in [0.29, 0.717) is 18.7 Å². The number of rotatable bonds is 7. The van der Waals surface area contributed by atoms with Crippen LogP contribution in [-0.4, -0.2) is 54.0 Å². The Bertz CT molecular complexity index is 1250. The van der Waals surface area contributed by atoms with E-state index in [1.807, 2.05) is 83.8 Å². The number of methoxy groups -OCH3 is 1. The quantitative estimate of drug-likeness (QED) is 0.343. The second-order valence-electron chi connectivity index (χ2n) is 8.36. The zero-order valence-electron chi connectivity index (χ0n) is 19.6. The molecule has 35 heavy (non-hydrogen) atoms. The van der Waals surface area contributed by atoms with Crippen molar-refractivity contribution in [3.63, 3.8) is 0 Å². The number of carbonyl (C=O) groups excluding carboxylic acids is 1. The summed E-state index contributed by atoms with van der Waals surface area (Å²) >= 11 is 1.68. The lowest BCUT2D eigenvalue weighted by atomic mass is 10.1. The normalized spacial score (nSPS) is 14.0. The molecule has 0 N–H and O–H groups in total. The van der Waals surface area contributed by atoms with Crippen LogP contribution >= 0.6 is 11.3 Å². The van der Waals surface area contributed by atoms with Gasteiger partial charge in [0.2, 0.25) is 0 Å². The molecule has 2 heterocycles. The largest absolute Gasteiger partial charge is 0.497 e. The minimum absolute atomic E-state index is 0.0620. The van der Waals surface area contributed by atoms with Crippen molar-refractivity contribution >= 4 is 17.2 Å². The van der Waals surface area contributed by atoms with Crippen molar-refractivity contribution in [3.8, 4) is 28.5 Å². The van der Waals surface area contributed by atoms with Gasteiger partial charge in [0.05, 0.1) is 19.3 Å². The van der Waals surface area contributed by atoms with E-state index in [1.165, 1.54) is 0 Å². The van der Waals surface area contributed by atoms with Crippen molar-refractivity contribution in [1.29, 1.82) is 0 Å². The standard InChI is InChI=1S/C28H27N3O3S/c1-33-23-11-7-21(8-12-23)26-20-35-27(29-26)19-30-15-17-31(18-16-30)28(32)22-9-13-25(14-10-22)34-24-5-3-2-4-6-24/h2-14,20H,15-19H2,1H3. The third-order valence-electron chi connectivity index (χ3n) is 6.04. The van der Waals surface area contributed by atoms with Crippen LogP contribution in [0.4, 0.5) is 0 Å². The molecule has 0 unspecified atom stereocenters. The summed E-state index contributed by atoms with van der Waals surface area (Å²) in [6, 6.07) is 25.0. The van der Waals surface area contributed by atoms with Crippen LogP contribution < -0.4 is 9.47 Å². The highest BCUT2D eigenvalue weighted by Crippen LogP contribution is 2.25. The number of ether oxygens (including phenoxy) is 2. The maximum Gasteiger partial charge on any atom is 0.253 e. The zero-order chi connectivity index (χ0) is 24.0. The molecule has 4 aromatic rings. The zero-order valence-corrected chi connectivity index (χ0v) is 20.4. The minimum Gasteiger partial charge on any atom is -0.497 e. The highest BCUT2D eigenvalue weighted by molar-refractivity contribution is 7.09. The first-order valence-corrected chi connectivity index (χ1v) is 12.5. The number of amides is 1. The molecule has 0 bridgehead atoms. The van der Waals surface area contributed by atoms with Gasteiger partial charge in [-0.15, -0.1) is 11.3 Å². The lowest BCUT2D eigenvalue weighted by Crippen LogP contribution is -2.48. The van der Waals surface area contributed by atoms with E-state index in [1.54, 1.807) is 18.4 Å². The van der Waals surface area contributed by atoms with Crippen LogP contribution in [0.5, 0.6) is 17.2 Å². The van der Waals surface area contributed by atoms with E-state index in [4.69, 9.17) is 14.5 Å². The number of thiazole rings is 1. The molecule has 0 saturated carbocycles. The first-order valence-electron chi connectivity index (χ1n) is 11.6. The van der Waals surface area contributed by atoms with E-state index < -0.39 is 0 Å². The summed E-state index contributed by atoms with van der Waals surface area (Å²) in [5, 5.41) is 3.19. The smallest absolute Gasteiger partial charge is 0.253 e. The lowest BCUT2D eigenvalue weighted by molar-refractivity contribution is 0.0628. The number of nitrogens with zero attached hydrogens (tertiary/aromatic N) is 3. The average molecular weight is 486 g/mol. The molecule has 1 fully saturated rings. The monoisotopic (exact) mass is 485 g/mol. The molecule has 0 atom stereocenters. The van der Waals surface area contributed by atoms with Crippen LogP contribution in [0.3, 0.4) is 0 Å². The molecule has 178 valence electrons. The van der Waals surface area contributed by atoms with Gasteiger partial charge < -0.3 is 14.4 Å². The van der Waals surface area contributed by atoms with Gasteiger partial charge >= 0.3 is 0 Å². The van der Waals surface area contributed by atoms with Crippen molar-refractivity contribution in [2.24, 2.45) is 0 Å². The predicted octanol–water partition coefficient (Wildman–Crippen LogP) is 5.57. The molecule has 1 aliphatic rings. The van der Waals surface area contributed by atoms with E-state index in [9.17, 15) is 4.79 Å². The van der Waals surface area contributed by atoms with Gasteiger partial charge in [0, 0.05) is 42.7 Å². The fourth-order valence-corrected chi connectivity index (χ4v) is 4.90. The predicted molar refractivity (Wildman–Crippen MR) is 138 cm³/mol. The van der Waals surface area contributed by atoms with E-state index in [2.05, 4.69) is 10.3 Å². The Morgan fingerprint density at radius 1 is 0.857 bits per heavy atom. The second kappa shape index (κ2) is 10.7. The number of carbonyl (C=O) groups is 1. The molecule has 0 radical (unpaired) electrons. The van der Waals surface area contributed by atoms with Gasteiger partial charge in [0.25, 0.3) is 5.91 Å². The molecule has 5 rings (SSSR count). The van der Waals surface area contributed by atoms with Crippen LogP contribution in [0.1, 0.15) is 15.4 Å². The Labute approximate surface area is 209 Å². The van der Waals surface area contributed by atoms with Crippen molar-refractivity contribution in [1.82, 2.24) is 14.8 Å². The SMILES string of the molecule is COc1ccc(-c2csc(CN3CCN(C(=O)c4ccc(Oc5ccccc5)cc4)CC3)n2)cc1. The molecule has 0 aliphatic carbocycles. The van der Waals surface area contributed by atoms with Crippen LogP contribution in [0.2, 0.25) is 0 Å². The van der Waals surface area contributed by atoms with Crippen molar-refractivity contribution in [2.45, 2.75) is 6.54 Å². The number of benzene rings is 3. The lowest BCUT2D eigenvalue weighted by Gasteiger charge is -2.34.